The maximum atomic E-state index is 3.76. The number of nitrogens with one attached hydrogen (secondary N) is 1. The number of allylic oxidation sites excluding steroid dienone is 1. The molecule has 1 N–H and O–H groups in total. The van der Waals surface area contributed by atoms with Gasteiger partial charge in [-0.25, -0.2) is 0 Å². The molecular weight excluding hydrogens is 146 g/mol. The first kappa shape index (κ1) is 11.7. The normalized spacial score (nSPS) is 13.1. The molecule has 0 saturated heterocycles. The Morgan fingerprint density at radius 3 is 2.00 bits per heavy atom. The van der Waals surface area contributed by atoms with E-state index in [1.165, 1.54) is 0 Å². The van der Waals surface area contributed by atoms with Gasteiger partial charge >= 0.3 is 0 Å². The van der Waals surface area contributed by atoms with E-state index in [0.29, 0.717) is 5.41 Å². The van der Waals surface area contributed by atoms with Crippen LogP contribution in [0.15, 0.2) is 12.7 Å². The summed E-state index contributed by atoms with van der Waals surface area (Å²) in [5.74, 6) is 0. The maximum absolute atomic E-state index is 3.76. The van der Waals surface area contributed by atoms with Gasteiger partial charge in [0, 0.05) is 12.1 Å². The number of hydrogen-bond donors (Lipinski definition) is 1. The molecule has 0 aliphatic carbocycles. The van der Waals surface area contributed by atoms with Crippen LogP contribution in [0.5, 0.6) is 0 Å². The van der Waals surface area contributed by atoms with Gasteiger partial charge in [0.1, 0.15) is 0 Å². The van der Waals surface area contributed by atoms with Crippen molar-refractivity contribution in [3.8, 4) is 0 Å². The monoisotopic (exact) mass is 169 g/mol. The molecule has 0 aromatic rings. The van der Waals surface area contributed by atoms with E-state index in [-0.39, 0.29) is 5.54 Å². The summed E-state index contributed by atoms with van der Waals surface area (Å²) in [5.41, 5.74) is 0.549. The Morgan fingerprint density at radius 2 is 1.67 bits per heavy atom. The van der Waals surface area contributed by atoms with Crippen LogP contribution in [-0.2, 0) is 0 Å². The zero-order valence-corrected chi connectivity index (χ0v) is 9.20. The molecule has 0 spiro atoms. The van der Waals surface area contributed by atoms with E-state index >= 15 is 0 Å². The van der Waals surface area contributed by atoms with Crippen LogP contribution in [0.2, 0.25) is 0 Å². The second kappa shape index (κ2) is 4.08. The predicted molar refractivity (Wildman–Crippen MR) is 56.4 cm³/mol. The highest BCUT2D eigenvalue weighted by Crippen LogP contribution is 2.20. The summed E-state index contributed by atoms with van der Waals surface area (Å²) in [7, 11) is 0. The third-order valence-corrected chi connectivity index (χ3v) is 1.79. The van der Waals surface area contributed by atoms with Gasteiger partial charge in [0.15, 0.2) is 0 Å². The summed E-state index contributed by atoms with van der Waals surface area (Å²) < 4.78 is 0. The minimum absolute atomic E-state index is 0.221. The minimum Gasteiger partial charge on any atom is -0.312 e. The number of hydrogen-bond acceptors (Lipinski definition) is 1. The molecule has 0 aromatic carbocycles. The lowest BCUT2D eigenvalue weighted by molar-refractivity contribution is 0.293. The van der Waals surface area contributed by atoms with E-state index in [2.05, 4.69) is 46.5 Å². The summed E-state index contributed by atoms with van der Waals surface area (Å²) in [6, 6.07) is 0. The molecule has 0 rings (SSSR count). The van der Waals surface area contributed by atoms with E-state index < -0.39 is 0 Å². The molecule has 72 valence electrons. The van der Waals surface area contributed by atoms with Gasteiger partial charge < -0.3 is 5.32 Å². The third kappa shape index (κ3) is 6.41. The van der Waals surface area contributed by atoms with Crippen LogP contribution in [0.4, 0.5) is 0 Å². The van der Waals surface area contributed by atoms with Crippen molar-refractivity contribution in [2.45, 2.75) is 46.6 Å². The molecule has 0 aliphatic rings. The second-order valence-corrected chi connectivity index (χ2v) is 5.26. The first-order valence-corrected chi connectivity index (χ1v) is 4.63. The van der Waals surface area contributed by atoms with Crippen LogP contribution in [0.1, 0.15) is 41.0 Å². The van der Waals surface area contributed by atoms with Crippen molar-refractivity contribution in [1.82, 2.24) is 5.32 Å². The first-order chi connectivity index (χ1) is 5.27. The molecule has 0 saturated carbocycles. The highest BCUT2D eigenvalue weighted by atomic mass is 14.9. The van der Waals surface area contributed by atoms with Crippen LogP contribution in [-0.4, -0.2) is 12.1 Å². The van der Waals surface area contributed by atoms with Crippen molar-refractivity contribution in [2.24, 2.45) is 5.41 Å². The lowest BCUT2D eigenvalue weighted by Crippen LogP contribution is -2.41. The van der Waals surface area contributed by atoms with Crippen LogP contribution in [0.3, 0.4) is 0 Å². The molecule has 1 nitrogen and oxygen atoms in total. The standard InChI is InChI=1S/C11H23N/c1-7-8-11(5,6)9-12-10(2,3)4/h7,12H,1,8-9H2,2-6H3. The average Bonchev–Trinajstić information content (AvgIpc) is 1.83. The first-order valence-electron chi connectivity index (χ1n) is 4.63. The lowest BCUT2D eigenvalue weighted by Gasteiger charge is -2.29. The van der Waals surface area contributed by atoms with Gasteiger partial charge in [0.2, 0.25) is 0 Å². The molecule has 0 bridgehead atoms. The number of rotatable bonds is 4. The minimum atomic E-state index is 0.221. The van der Waals surface area contributed by atoms with Gasteiger partial charge in [-0.1, -0.05) is 19.9 Å². The van der Waals surface area contributed by atoms with E-state index in [1.54, 1.807) is 0 Å². The van der Waals surface area contributed by atoms with Crippen LogP contribution in [0, 0.1) is 5.41 Å². The van der Waals surface area contributed by atoms with Crippen molar-refractivity contribution in [3.63, 3.8) is 0 Å². The maximum Gasteiger partial charge on any atom is 0.00967 e. The van der Waals surface area contributed by atoms with E-state index in [1.807, 2.05) is 6.08 Å². The van der Waals surface area contributed by atoms with Gasteiger partial charge in [0.25, 0.3) is 0 Å². The van der Waals surface area contributed by atoms with E-state index in [0.717, 1.165) is 13.0 Å². The second-order valence-electron chi connectivity index (χ2n) is 5.26. The zero-order valence-electron chi connectivity index (χ0n) is 9.20. The Hall–Kier alpha value is -0.300. The van der Waals surface area contributed by atoms with Gasteiger partial charge in [-0.3, -0.25) is 0 Å². The zero-order chi connectivity index (χ0) is 9.83. The smallest absolute Gasteiger partial charge is 0.00967 e. The quantitative estimate of drug-likeness (QED) is 0.638. The van der Waals surface area contributed by atoms with Crippen molar-refractivity contribution in [2.75, 3.05) is 6.54 Å². The molecular formula is C11H23N. The van der Waals surface area contributed by atoms with E-state index in [9.17, 15) is 0 Å². The van der Waals surface area contributed by atoms with Crippen LogP contribution < -0.4 is 5.32 Å². The molecule has 0 aromatic heterocycles. The van der Waals surface area contributed by atoms with Gasteiger partial charge in [0.05, 0.1) is 0 Å². The van der Waals surface area contributed by atoms with Crippen molar-refractivity contribution < 1.29 is 0 Å². The molecule has 0 heterocycles. The molecule has 0 aliphatic heterocycles. The van der Waals surface area contributed by atoms with Gasteiger partial charge in [-0.2, -0.15) is 0 Å². The molecule has 0 unspecified atom stereocenters. The highest BCUT2D eigenvalue weighted by molar-refractivity contribution is 4.83. The fraction of sp³-hybridized carbons (Fsp3) is 0.818. The molecule has 0 fully saturated rings. The topological polar surface area (TPSA) is 12.0 Å². The Balaban J connectivity index is 3.83. The predicted octanol–water partition coefficient (Wildman–Crippen LogP) is 2.98. The Morgan fingerprint density at radius 1 is 1.17 bits per heavy atom. The summed E-state index contributed by atoms with van der Waals surface area (Å²) in [5, 5.41) is 3.50. The highest BCUT2D eigenvalue weighted by Gasteiger charge is 2.18. The molecule has 0 atom stereocenters. The van der Waals surface area contributed by atoms with Crippen molar-refractivity contribution in [3.05, 3.63) is 12.7 Å². The summed E-state index contributed by atoms with van der Waals surface area (Å²) in [6.45, 7) is 15.9. The third-order valence-electron chi connectivity index (χ3n) is 1.79. The molecule has 0 amide bonds. The SMILES string of the molecule is C=CCC(C)(C)CNC(C)(C)C. The van der Waals surface area contributed by atoms with Crippen molar-refractivity contribution >= 4 is 0 Å². The lowest BCUT2D eigenvalue weighted by atomic mass is 9.88. The molecule has 0 radical (unpaired) electrons. The van der Waals surface area contributed by atoms with Gasteiger partial charge in [-0.05, 0) is 32.6 Å². The Labute approximate surface area is 77.2 Å². The fourth-order valence-corrected chi connectivity index (χ4v) is 0.967. The summed E-state index contributed by atoms with van der Waals surface area (Å²) in [6.07, 6.45) is 3.06. The summed E-state index contributed by atoms with van der Waals surface area (Å²) >= 11 is 0. The Kier molecular flexibility index (Phi) is 3.98. The molecule has 1 heteroatoms. The summed E-state index contributed by atoms with van der Waals surface area (Å²) in [4.78, 5) is 0. The fourth-order valence-electron chi connectivity index (χ4n) is 0.967. The van der Waals surface area contributed by atoms with Crippen LogP contribution >= 0.6 is 0 Å². The van der Waals surface area contributed by atoms with E-state index in [4.69, 9.17) is 0 Å². The molecule has 12 heavy (non-hydrogen) atoms. The Bertz CT molecular complexity index is 140. The van der Waals surface area contributed by atoms with Crippen molar-refractivity contribution in [1.29, 1.82) is 0 Å². The van der Waals surface area contributed by atoms with Gasteiger partial charge in [-0.15, -0.1) is 6.58 Å². The average molecular weight is 169 g/mol. The largest absolute Gasteiger partial charge is 0.312 e. The van der Waals surface area contributed by atoms with Crippen LogP contribution in [0.25, 0.3) is 0 Å².